The number of hydrogen-bond acceptors (Lipinski definition) is 5. The smallest absolute Gasteiger partial charge is 0.346 e. The predicted octanol–water partition coefficient (Wildman–Crippen LogP) is 4.21. The number of esters is 2. The average molecular weight is 492 g/mol. The molecule has 0 amide bonds. The minimum Gasteiger partial charge on any atom is -0.463 e. The maximum Gasteiger partial charge on any atom is 0.346 e. The number of rotatable bonds is 10. The normalized spacial score (nSPS) is 15.0. The van der Waals surface area contributed by atoms with E-state index in [-0.39, 0.29) is 0 Å². The van der Waals surface area contributed by atoms with Gasteiger partial charge in [-0.05, 0) is 43.9 Å². The number of ether oxygens (including phenoxy) is 3. The standard InChI is InChI=1S/C14H28Br2O5Si2/c1-22(2,3)9-7-19-13(17)11(15)21-12(16)14(18)20-8-10-23(4,5)6/h11-12H,7-10H2,1-6H3. The molecule has 0 heterocycles. The number of alkyl halides is 2. The van der Waals surface area contributed by atoms with Gasteiger partial charge in [-0.15, -0.1) is 0 Å². The molecular weight excluding hydrogens is 464 g/mol. The first kappa shape index (κ1) is 23.3. The third-order valence-electron chi connectivity index (χ3n) is 2.80. The highest BCUT2D eigenvalue weighted by molar-refractivity contribution is 9.10. The van der Waals surface area contributed by atoms with Gasteiger partial charge in [0, 0.05) is 16.1 Å². The molecular formula is C14H28Br2O5Si2. The Morgan fingerprint density at radius 3 is 1.35 bits per heavy atom. The predicted molar refractivity (Wildman–Crippen MR) is 105 cm³/mol. The van der Waals surface area contributed by atoms with Gasteiger partial charge in [-0.3, -0.25) is 0 Å². The molecule has 0 fully saturated rings. The molecule has 136 valence electrons. The van der Waals surface area contributed by atoms with Gasteiger partial charge < -0.3 is 14.2 Å². The largest absolute Gasteiger partial charge is 0.463 e. The summed E-state index contributed by atoms with van der Waals surface area (Å²) in [5, 5.41) is -2.00. The quantitative estimate of drug-likeness (QED) is 0.260. The van der Waals surface area contributed by atoms with Crippen molar-refractivity contribution in [1.29, 1.82) is 0 Å². The molecule has 0 radical (unpaired) electrons. The zero-order valence-corrected chi connectivity index (χ0v) is 20.0. The Kier molecular flexibility index (Phi) is 10.5. The second kappa shape index (κ2) is 10.3. The fraction of sp³-hybridized carbons (Fsp3) is 0.857. The monoisotopic (exact) mass is 490 g/mol. The molecule has 0 aliphatic rings. The van der Waals surface area contributed by atoms with Crippen LogP contribution in [0, 0.1) is 0 Å². The first-order chi connectivity index (χ1) is 10.3. The highest BCUT2D eigenvalue weighted by Gasteiger charge is 2.27. The zero-order valence-electron chi connectivity index (χ0n) is 14.8. The Morgan fingerprint density at radius 1 is 0.783 bits per heavy atom. The van der Waals surface area contributed by atoms with E-state index in [2.05, 4.69) is 71.1 Å². The van der Waals surface area contributed by atoms with E-state index in [4.69, 9.17) is 14.2 Å². The van der Waals surface area contributed by atoms with Crippen molar-refractivity contribution in [2.45, 2.75) is 61.4 Å². The van der Waals surface area contributed by atoms with Gasteiger partial charge in [0.15, 0.2) is 0 Å². The minimum absolute atomic E-state index is 0.369. The lowest BCUT2D eigenvalue weighted by Gasteiger charge is -2.19. The summed E-state index contributed by atoms with van der Waals surface area (Å²) >= 11 is 6.15. The van der Waals surface area contributed by atoms with Gasteiger partial charge >= 0.3 is 11.9 Å². The van der Waals surface area contributed by atoms with Crippen LogP contribution in [0.25, 0.3) is 0 Å². The van der Waals surface area contributed by atoms with Crippen molar-refractivity contribution >= 4 is 59.9 Å². The van der Waals surface area contributed by atoms with Crippen LogP contribution in [0.2, 0.25) is 51.4 Å². The van der Waals surface area contributed by atoms with Crippen molar-refractivity contribution in [2.75, 3.05) is 13.2 Å². The molecule has 0 aromatic heterocycles. The van der Waals surface area contributed by atoms with Crippen molar-refractivity contribution in [3.8, 4) is 0 Å². The lowest BCUT2D eigenvalue weighted by Crippen LogP contribution is -2.31. The molecule has 0 aliphatic carbocycles. The fourth-order valence-electron chi connectivity index (χ4n) is 1.26. The molecule has 0 N–H and O–H groups in total. The van der Waals surface area contributed by atoms with Gasteiger partial charge in [0.05, 0.1) is 13.2 Å². The van der Waals surface area contributed by atoms with E-state index in [1.807, 2.05) is 0 Å². The van der Waals surface area contributed by atoms with E-state index < -0.39 is 38.1 Å². The highest BCUT2D eigenvalue weighted by Crippen LogP contribution is 2.16. The van der Waals surface area contributed by atoms with Crippen LogP contribution in [0.3, 0.4) is 0 Å². The van der Waals surface area contributed by atoms with Crippen LogP contribution in [0.4, 0.5) is 0 Å². The molecule has 0 bridgehead atoms. The first-order valence-electron chi connectivity index (χ1n) is 7.59. The topological polar surface area (TPSA) is 61.8 Å². The Balaban J connectivity index is 4.09. The van der Waals surface area contributed by atoms with Crippen molar-refractivity contribution in [3.63, 3.8) is 0 Å². The van der Waals surface area contributed by atoms with E-state index in [0.717, 1.165) is 12.1 Å². The lowest BCUT2D eigenvalue weighted by atomic mass is 10.6. The molecule has 0 saturated heterocycles. The Labute approximate surface area is 158 Å². The molecule has 0 aromatic carbocycles. The van der Waals surface area contributed by atoms with E-state index >= 15 is 0 Å². The van der Waals surface area contributed by atoms with E-state index in [9.17, 15) is 9.59 Å². The van der Waals surface area contributed by atoms with Gasteiger partial charge in [0.2, 0.25) is 10.0 Å². The first-order valence-corrected chi connectivity index (χ1v) is 16.8. The van der Waals surface area contributed by atoms with Crippen molar-refractivity contribution in [2.24, 2.45) is 0 Å². The third-order valence-corrected chi connectivity index (χ3v) is 7.39. The molecule has 2 atom stereocenters. The van der Waals surface area contributed by atoms with E-state index in [1.54, 1.807) is 0 Å². The Morgan fingerprint density at radius 2 is 1.09 bits per heavy atom. The number of hydrogen-bond donors (Lipinski definition) is 0. The zero-order chi connectivity index (χ0) is 18.3. The van der Waals surface area contributed by atoms with E-state index in [1.165, 1.54) is 0 Å². The third kappa shape index (κ3) is 13.3. The van der Waals surface area contributed by atoms with Crippen LogP contribution >= 0.6 is 31.9 Å². The molecule has 0 aliphatic heterocycles. The molecule has 0 saturated carbocycles. The molecule has 5 nitrogen and oxygen atoms in total. The summed E-state index contributed by atoms with van der Waals surface area (Å²) in [6, 6.07) is 1.77. The number of carbonyl (C=O) groups excluding carboxylic acids is 2. The summed E-state index contributed by atoms with van der Waals surface area (Å²) in [4.78, 5) is 23.6. The molecule has 2 unspecified atom stereocenters. The van der Waals surface area contributed by atoms with Gasteiger partial charge in [-0.2, -0.15) is 0 Å². The second-order valence-corrected chi connectivity index (χ2v) is 20.6. The van der Waals surface area contributed by atoms with Crippen molar-refractivity contribution in [1.82, 2.24) is 0 Å². The Bertz CT molecular complexity index is 358. The molecule has 0 spiro atoms. The summed E-state index contributed by atoms with van der Waals surface area (Å²) in [5.41, 5.74) is 0. The van der Waals surface area contributed by atoms with Crippen LogP contribution in [0.5, 0.6) is 0 Å². The summed E-state index contributed by atoms with van der Waals surface area (Å²) in [6.45, 7) is 14.0. The molecule has 0 rings (SSSR count). The lowest BCUT2D eigenvalue weighted by molar-refractivity contribution is -0.158. The summed E-state index contributed by atoms with van der Waals surface area (Å²) < 4.78 is 15.5. The summed E-state index contributed by atoms with van der Waals surface area (Å²) in [6.07, 6.45) is 0. The van der Waals surface area contributed by atoms with Crippen LogP contribution in [0.15, 0.2) is 0 Å². The SMILES string of the molecule is C[Si](C)(C)CCOC(=O)C(Br)OC(Br)C(=O)OCC[Si](C)(C)C. The number of carbonyl (C=O) groups is 2. The van der Waals surface area contributed by atoms with Crippen molar-refractivity contribution in [3.05, 3.63) is 0 Å². The van der Waals surface area contributed by atoms with Crippen LogP contribution in [-0.4, -0.2) is 51.3 Å². The van der Waals surface area contributed by atoms with Gasteiger partial charge in [0.25, 0.3) is 0 Å². The van der Waals surface area contributed by atoms with Crippen LogP contribution in [-0.2, 0) is 23.8 Å². The maximum absolute atomic E-state index is 11.8. The van der Waals surface area contributed by atoms with Crippen molar-refractivity contribution < 1.29 is 23.8 Å². The van der Waals surface area contributed by atoms with E-state index in [0.29, 0.717) is 13.2 Å². The molecule has 0 aromatic rings. The maximum atomic E-state index is 11.8. The second-order valence-electron chi connectivity index (χ2n) is 7.72. The van der Waals surface area contributed by atoms with Crippen LogP contribution in [0.1, 0.15) is 0 Å². The minimum atomic E-state index is -1.25. The fourth-order valence-corrected chi connectivity index (χ4v) is 3.68. The van der Waals surface area contributed by atoms with Gasteiger partial charge in [-0.1, -0.05) is 39.3 Å². The molecule has 9 heteroatoms. The number of halogens is 2. The highest BCUT2D eigenvalue weighted by atomic mass is 79.9. The summed E-state index contributed by atoms with van der Waals surface area (Å²) in [5.74, 6) is -1.08. The molecule has 23 heavy (non-hydrogen) atoms. The van der Waals surface area contributed by atoms with Gasteiger partial charge in [-0.25, -0.2) is 9.59 Å². The Hall–Kier alpha value is 0.294. The van der Waals surface area contributed by atoms with Crippen LogP contribution < -0.4 is 0 Å². The van der Waals surface area contributed by atoms with Gasteiger partial charge in [0.1, 0.15) is 0 Å². The summed E-state index contributed by atoms with van der Waals surface area (Å²) in [7, 11) is -2.51. The average Bonchev–Trinajstić information content (AvgIpc) is 2.35.